The summed E-state index contributed by atoms with van der Waals surface area (Å²) in [5.74, 6) is -0.340. The Morgan fingerprint density at radius 3 is 2.57 bits per heavy atom. The predicted molar refractivity (Wildman–Crippen MR) is 122 cm³/mol. The van der Waals surface area contributed by atoms with Crippen molar-refractivity contribution in [2.24, 2.45) is 0 Å². The van der Waals surface area contributed by atoms with Gasteiger partial charge in [0.05, 0.1) is 34.0 Å². The number of carbonyl (C=O) groups is 2. The van der Waals surface area contributed by atoms with Crippen molar-refractivity contribution in [1.29, 1.82) is 0 Å². The Labute approximate surface area is 187 Å². The minimum atomic E-state index is -0.420. The van der Waals surface area contributed by atoms with Gasteiger partial charge >= 0.3 is 5.97 Å². The van der Waals surface area contributed by atoms with E-state index in [-0.39, 0.29) is 11.2 Å². The third-order valence-corrected chi connectivity index (χ3v) is 5.26. The van der Waals surface area contributed by atoms with Crippen molar-refractivity contribution < 1.29 is 19.1 Å². The van der Waals surface area contributed by atoms with E-state index < -0.39 is 11.9 Å². The van der Waals surface area contributed by atoms with E-state index in [0.717, 1.165) is 4.70 Å². The van der Waals surface area contributed by atoms with E-state index in [4.69, 9.17) is 33.3 Å². The summed E-state index contributed by atoms with van der Waals surface area (Å²) >= 11 is 12.6. The lowest BCUT2D eigenvalue weighted by Gasteiger charge is -2.08. The van der Waals surface area contributed by atoms with Gasteiger partial charge in [0, 0.05) is 5.56 Å². The Balaban J connectivity index is 1.68. The maximum absolute atomic E-state index is 12.4. The number of anilines is 1. The highest BCUT2D eigenvalue weighted by Crippen LogP contribution is 2.27. The van der Waals surface area contributed by atoms with Crippen LogP contribution in [0.2, 0.25) is 5.02 Å². The highest BCUT2D eigenvalue weighted by molar-refractivity contribution is 7.80. The summed E-state index contributed by atoms with van der Waals surface area (Å²) in [6.07, 6.45) is -0.201. The van der Waals surface area contributed by atoms with Gasteiger partial charge in [-0.3, -0.25) is 10.1 Å². The predicted octanol–water partition coefficient (Wildman–Crippen LogP) is 4.65. The number of benzene rings is 2. The minimum Gasteiger partial charge on any atom is -0.495 e. The van der Waals surface area contributed by atoms with Gasteiger partial charge in [0.2, 0.25) is 0 Å². The third kappa shape index (κ3) is 5.24. The number of thiocarbonyl (C=S) groups is 1. The van der Waals surface area contributed by atoms with Crippen molar-refractivity contribution in [3.05, 3.63) is 52.5 Å². The zero-order valence-electron chi connectivity index (χ0n) is 16.3. The number of hydrogen-bond acceptors (Lipinski definition) is 7. The van der Waals surface area contributed by atoms with Crippen LogP contribution >= 0.6 is 35.2 Å². The number of carbonyl (C=O) groups excluding carboxylic acids is 2. The van der Waals surface area contributed by atoms with Gasteiger partial charge in [-0.05, 0) is 62.5 Å². The number of esters is 1. The standard InChI is InChI=1S/C20H18ClN3O4S2/c1-10(2)28-18(26)12-4-6-14-16(9-12)30-20(22-14)24-19(29)23-17(25)11-5-7-15(27-3)13(21)8-11/h4-10H,1-3H3,(H2,22,23,24,25,29). The summed E-state index contributed by atoms with van der Waals surface area (Å²) in [6, 6.07) is 9.78. The monoisotopic (exact) mass is 463 g/mol. The average molecular weight is 464 g/mol. The molecule has 0 aliphatic heterocycles. The van der Waals surface area contributed by atoms with E-state index in [0.29, 0.717) is 32.5 Å². The Kier molecular flexibility index (Phi) is 6.86. The average Bonchev–Trinajstić information content (AvgIpc) is 3.08. The first kappa shape index (κ1) is 21.9. The van der Waals surface area contributed by atoms with Crippen molar-refractivity contribution in [3.63, 3.8) is 0 Å². The van der Waals surface area contributed by atoms with Gasteiger partial charge in [-0.25, -0.2) is 9.78 Å². The van der Waals surface area contributed by atoms with Gasteiger partial charge in [0.15, 0.2) is 10.2 Å². The second kappa shape index (κ2) is 9.38. The number of methoxy groups -OCH3 is 1. The Hall–Kier alpha value is -2.75. The number of nitrogens with one attached hydrogen (secondary N) is 2. The maximum Gasteiger partial charge on any atom is 0.338 e. The Bertz CT molecular complexity index is 1130. The first-order chi connectivity index (χ1) is 14.3. The summed E-state index contributed by atoms with van der Waals surface area (Å²) < 4.78 is 11.1. The molecule has 0 bridgehead atoms. The van der Waals surface area contributed by atoms with Crippen LogP contribution in [0.25, 0.3) is 10.2 Å². The molecule has 2 N–H and O–H groups in total. The van der Waals surface area contributed by atoms with Crippen LogP contribution in [0.1, 0.15) is 34.6 Å². The number of hydrogen-bond donors (Lipinski definition) is 2. The normalized spacial score (nSPS) is 10.7. The number of amides is 1. The lowest BCUT2D eigenvalue weighted by atomic mass is 10.2. The van der Waals surface area contributed by atoms with Crippen molar-refractivity contribution in [2.45, 2.75) is 20.0 Å². The summed E-state index contributed by atoms with van der Waals surface area (Å²) in [5.41, 5.74) is 1.47. The molecule has 3 rings (SSSR count). The van der Waals surface area contributed by atoms with E-state index in [1.165, 1.54) is 24.5 Å². The summed E-state index contributed by atoms with van der Waals surface area (Å²) in [5, 5.41) is 6.36. The summed E-state index contributed by atoms with van der Waals surface area (Å²) in [6.45, 7) is 3.58. The fourth-order valence-corrected chi connectivity index (χ4v) is 3.92. The van der Waals surface area contributed by atoms with Crippen LogP contribution in [0.15, 0.2) is 36.4 Å². The molecule has 0 radical (unpaired) electrons. The number of rotatable bonds is 5. The number of nitrogens with zero attached hydrogens (tertiary/aromatic N) is 1. The van der Waals surface area contributed by atoms with E-state index in [1.54, 1.807) is 44.2 Å². The van der Waals surface area contributed by atoms with Crippen molar-refractivity contribution in [2.75, 3.05) is 12.4 Å². The molecule has 0 spiro atoms. The zero-order valence-corrected chi connectivity index (χ0v) is 18.7. The molecule has 7 nitrogen and oxygen atoms in total. The van der Waals surface area contributed by atoms with Crippen molar-refractivity contribution in [1.82, 2.24) is 10.3 Å². The van der Waals surface area contributed by atoms with Gasteiger partial charge in [0.1, 0.15) is 5.75 Å². The second-order valence-electron chi connectivity index (χ2n) is 6.41. The Morgan fingerprint density at radius 1 is 1.17 bits per heavy atom. The highest BCUT2D eigenvalue weighted by Gasteiger charge is 2.14. The third-order valence-electron chi connectivity index (χ3n) is 3.83. The SMILES string of the molecule is COc1ccc(C(=O)NC(=S)Nc2nc3ccc(C(=O)OC(C)C)cc3s2)cc1Cl. The number of thiazole rings is 1. The van der Waals surface area contributed by atoms with Crippen LogP contribution in [-0.4, -0.2) is 35.2 Å². The van der Waals surface area contributed by atoms with Gasteiger partial charge in [-0.1, -0.05) is 22.9 Å². The fourth-order valence-electron chi connectivity index (χ4n) is 2.50. The van der Waals surface area contributed by atoms with Gasteiger partial charge < -0.3 is 14.8 Å². The molecule has 2 aromatic carbocycles. The molecule has 30 heavy (non-hydrogen) atoms. The molecular formula is C20H18ClN3O4S2. The topological polar surface area (TPSA) is 89.5 Å². The molecule has 0 aliphatic carbocycles. The van der Waals surface area contributed by atoms with Gasteiger partial charge in [-0.2, -0.15) is 0 Å². The van der Waals surface area contributed by atoms with Crippen molar-refractivity contribution in [3.8, 4) is 5.75 Å². The van der Waals surface area contributed by atoms with E-state index >= 15 is 0 Å². The summed E-state index contributed by atoms with van der Waals surface area (Å²) in [4.78, 5) is 28.8. The number of fused-ring (bicyclic) bond motifs is 1. The van der Waals surface area contributed by atoms with Crippen LogP contribution in [0.4, 0.5) is 5.13 Å². The molecule has 0 saturated carbocycles. The van der Waals surface area contributed by atoms with Crippen LogP contribution in [0.5, 0.6) is 5.75 Å². The molecule has 156 valence electrons. The summed E-state index contributed by atoms with van der Waals surface area (Å²) in [7, 11) is 1.49. The lowest BCUT2D eigenvalue weighted by molar-refractivity contribution is 0.0378. The van der Waals surface area contributed by atoms with E-state index in [1.807, 2.05) is 0 Å². The molecule has 0 aliphatic rings. The molecule has 0 saturated heterocycles. The molecule has 1 aromatic heterocycles. The number of aromatic nitrogens is 1. The van der Waals surface area contributed by atoms with Crippen LogP contribution in [-0.2, 0) is 4.74 Å². The van der Waals surface area contributed by atoms with E-state index in [2.05, 4.69) is 15.6 Å². The number of halogens is 1. The first-order valence-corrected chi connectivity index (χ1v) is 10.4. The van der Waals surface area contributed by atoms with Crippen LogP contribution < -0.4 is 15.4 Å². The van der Waals surface area contributed by atoms with Gasteiger partial charge in [-0.15, -0.1) is 0 Å². The largest absolute Gasteiger partial charge is 0.495 e. The zero-order chi connectivity index (χ0) is 21.8. The molecular weight excluding hydrogens is 446 g/mol. The molecule has 0 fully saturated rings. The Morgan fingerprint density at radius 2 is 1.90 bits per heavy atom. The number of ether oxygens (including phenoxy) is 2. The second-order valence-corrected chi connectivity index (χ2v) is 8.26. The minimum absolute atomic E-state index is 0.0884. The molecule has 1 heterocycles. The van der Waals surface area contributed by atoms with Gasteiger partial charge in [0.25, 0.3) is 5.91 Å². The van der Waals surface area contributed by atoms with Crippen molar-refractivity contribution >= 4 is 67.5 Å². The molecule has 0 atom stereocenters. The first-order valence-electron chi connectivity index (χ1n) is 8.84. The maximum atomic E-state index is 12.4. The fraction of sp³-hybridized carbons (Fsp3) is 0.200. The smallest absolute Gasteiger partial charge is 0.338 e. The lowest BCUT2D eigenvalue weighted by Crippen LogP contribution is -2.34. The molecule has 3 aromatic rings. The molecule has 1 amide bonds. The highest BCUT2D eigenvalue weighted by atomic mass is 35.5. The molecule has 10 heteroatoms. The quantitative estimate of drug-likeness (QED) is 0.420. The van der Waals surface area contributed by atoms with E-state index in [9.17, 15) is 9.59 Å². The van der Waals surface area contributed by atoms with Crippen LogP contribution in [0, 0.1) is 0 Å². The van der Waals surface area contributed by atoms with Crippen LogP contribution in [0.3, 0.4) is 0 Å². The molecule has 0 unspecified atom stereocenters.